The Kier molecular flexibility index (Phi) is 4.58. The number of piperidine rings is 1. The van der Waals surface area contributed by atoms with Crippen LogP contribution in [0.15, 0.2) is 24.5 Å². The van der Waals surface area contributed by atoms with E-state index in [0.717, 1.165) is 38.0 Å². The van der Waals surface area contributed by atoms with E-state index in [-0.39, 0.29) is 11.5 Å². The van der Waals surface area contributed by atoms with Gasteiger partial charge in [0.1, 0.15) is 5.69 Å². The molecule has 8 nitrogen and oxygen atoms in total. The van der Waals surface area contributed by atoms with Gasteiger partial charge in [-0.05, 0) is 44.7 Å². The number of aromatic amines is 1. The Labute approximate surface area is 152 Å². The first-order chi connectivity index (χ1) is 12.6. The average Bonchev–Trinajstić information content (AvgIpc) is 3.09. The van der Waals surface area contributed by atoms with Gasteiger partial charge in [0.2, 0.25) is 5.95 Å². The largest absolute Gasteiger partial charge is 0.375 e. The second-order valence-electron chi connectivity index (χ2n) is 7.17. The molecule has 2 fully saturated rings. The number of amides is 1. The molecule has 2 saturated heterocycles. The zero-order valence-corrected chi connectivity index (χ0v) is 14.9. The number of nitrogens with zero attached hydrogens (tertiary/aromatic N) is 4. The molecule has 2 aliphatic heterocycles. The lowest BCUT2D eigenvalue weighted by molar-refractivity contribution is -0.110. The number of aromatic nitrogens is 4. The van der Waals surface area contributed by atoms with Crippen LogP contribution in [0.3, 0.4) is 0 Å². The number of hydrogen-bond donors (Lipinski definition) is 2. The van der Waals surface area contributed by atoms with Gasteiger partial charge >= 0.3 is 0 Å². The predicted octanol–water partition coefficient (Wildman–Crippen LogP) is 1.77. The number of likely N-dealkylation sites (tertiary alicyclic amines) is 1. The normalized spacial score (nSPS) is 22.3. The van der Waals surface area contributed by atoms with E-state index in [0.29, 0.717) is 30.8 Å². The van der Waals surface area contributed by atoms with Crippen LogP contribution in [0.4, 0.5) is 5.95 Å². The molecule has 2 aromatic heterocycles. The van der Waals surface area contributed by atoms with E-state index >= 15 is 0 Å². The highest BCUT2D eigenvalue weighted by Crippen LogP contribution is 2.36. The summed E-state index contributed by atoms with van der Waals surface area (Å²) in [5.74, 6) is 0.656. The molecular weight excluding hydrogens is 332 g/mol. The van der Waals surface area contributed by atoms with Gasteiger partial charge in [-0.3, -0.25) is 9.89 Å². The van der Waals surface area contributed by atoms with E-state index in [1.165, 1.54) is 0 Å². The van der Waals surface area contributed by atoms with Gasteiger partial charge < -0.3 is 15.0 Å². The van der Waals surface area contributed by atoms with E-state index in [2.05, 4.69) is 25.5 Å². The Balaban J connectivity index is 1.36. The lowest BCUT2D eigenvalue weighted by atomic mass is 9.82. The van der Waals surface area contributed by atoms with Crippen molar-refractivity contribution in [2.45, 2.75) is 44.2 Å². The summed E-state index contributed by atoms with van der Waals surface area (Å²) in [4.78, 5) is 22.9. The number of nitrogens with one attached hydrogen (secondary N) is 2. The predicted molar refractivity (Wildman–Crippen MR) is 95.8 cm³/mol. The minimum atomic E-state index is -0.164. The molecule has 0 aromatic carbocycles. The molecule has 0 saturated carbocycles. The van der Waals surface area contributed by atoms with Crippen LogP contribution in [0.2, 0.25) is 0 Å². The number of H-pyrrole nitrogens is 1. The lowest BCUT2D eigenvalue weighted by Crippen LogP contribution is -2.52. The Hall–Kier alpha value is -2.48. The summed E-state index contributed by atoms with van der Waals surface area (Å²) in [6.45, 7) is 4.00. The van der Waals surface area contributed by atoms with E-state index < -0.39 is 0 Å². The van der Waals surface area contributed by atoms with Crippen molar-refractivity contribution < 1.29 is 9.53 Å². The van der Waals surface area contributed by atoms with Crippen molar-refractivity contribution in [3.63, 3.8) is 0 Å². The third kappa shape index (κ3) is 3.55. The summed E-state index contributed by atoms with van der Waals surface area (Å²) >= 11 is 0. The van der Waals surface area contributed by atoms with Crippen molar-refractivity contribution >= 4 is 11.9 Å². The first-order valence-electron chi connectivity index (χ1n) is 9.12. The molecule has 0 bridgehead atoms. The highest BCUT2D eigenvalue weighted by atomic mass is 16.5. The van der Waals surface area contributed by atoms with Crippen molar-refractivity contribution in [1.82, 2.24) is 25.1 Å². The van der Waals surface area contributed by atoms with Crippen LogP contribution in [-0.4, -0.2) is 62.3 Å². The molecule has 1 spiro atoms. The van der Waals surface area contributed by atoms with Gasteiger partial charge in [0, 0.05) is 43.8 Å². The molecule has 4 rings (SSSR count). The molecule has 0 unspecified atom stereocenters. The monoisotopic (exact) mass is 356 g/mol. The van der Waals surface area contributed by atoms with Crippen LogP contribution in [0, 0.1) is 6.92 Å². The SMILES string of the molecule is Cc1cc(C(=O)N2CCC3(CC2)C[C@H](Nc2ncccn2)CCO3)n[nH]1. The zero-order chi connectivity index (χ0) is 18.0. The summed E-state index contributed by atoms with van der Waals surface area (Å²) < 4.78 is 6.17. The number of rotatable bonds is 3. The van der Waals surface area contributed by atoms with Crippen LogP contribution in [-0.2, 0) is 4.74 Å². The second-order valence-corrected chi connectivity index (χ2v) is 7.17. The first-order valence-corrected chi connectivity index (χ1v) is 9.12. The van der Waals surface area contributed by atoms with Gasteiger partial charge in [-0.1, -0.05) is 0 Å². The maximum atomic E-state index is 12.6. The topological polar surface area (TPSA) is 96.0 Å². The molecular formula is C18H24N6O2. The molecule has 2 aromatic rings. The van der Waals surface area contributed by atoms with Gasteiger partial charge in [-0.2, -0.15) is 5.10 Å². The third-order valence-corrected chi connectivity index (χ3v) is 5.28. The van der Waals surface area contributed by atoms with Gasteiger partial charge in [-0.15, -0.1) is 0 Å². The number of carbonyl (C=O) groups excluding carboxylic acids is 1. The average molecular weight is 356 g/mol. The summed E-state index contributed by atoms with van der Waals surface area (Å²) in [7, 11) is 0. The van der Waals surface area contributed by atoms with E-state index in [1.54, 1.807) is 18.5 Å². The Bertz CT molecular complexity index is 754. The fraction of sp³-hybridized carbons (Fsp3) is 0.556. The molecule has 0 aliphatic carbocycles. The van der Waals surface area contributed by atoms with Crippen molar-refractivity contribution in [3.05, 3.63) is 35.9 Å². The molecule has 2 aliphatic rings. The second kappa shape index (κ2) is 7.03. The summed E-state index contributed by atoms with van der Waals surface area (Å²) in [5, 5.41) is 10.3. The van der Waals surface area contributed by atoms with Crippen molar-refractivity contribution in [2.75, 3.05) is 25.0 Å². The Morgan fingerprint density at radius 3 is 2.81 bits per heavy atom. The van der Waals surface area contributed by atoms with Crippen LogP contribution >= 0.6 is 0 Å². The van der Waals surface area contributed by atoms with Crippen LogP contribution in [0.1, 0.15) is 41.9 Å². The molecule has 8 heteroatoms. The minimum Gasteiger partial charge on any atom is -0.375 e. The summed E-state index contributed by atoms with van der Waals surface area (Å²) in [5.41, 5.74) is 1.22. The summed E-state index contributed by atoms with van der Waals surface area (Å²) in [6, 6.07) is 3.90. The van der Waals surface area contributed by atoms with Gasteiger partial charge in [0.15, 0.2) is 0 Å². The van der Waals surface area contributed by atoms with E-state index in [9.17, 15) is 4.79 Å². The molecule has 1 amide bonds. The first kappa shape index (κ1) is 17.0. The van der Waals surface area contributed by atoms with Crippen LogP contribution in [0.25, 0.3) is 0 Å². The highest BCUT2D eigenvalue weighted by molar-refractivity contribution is 5.92. The number of hydrogen-bond acceptors (Lipinski definition) is 6. The van der Waals surface area contributed by atoms with Crippen molar-refractivity contribution in [3.8, 4) is 0 Å². The van der Waals surface area contributed by atoms with Gasteiger partial charge in [0.05, 0.1) is 5.60 Å². The van der Waals surface area contributed by atoms with Crippen molar-refractivity contribution in [1.29, 1.82) is 0 Å². The fourth-order valence-electron chi connectivity index (χ4n) is 3.86. The lowest BCUT2D eigenvalue weighted by Gasteiger charge is -2.46. The Morgan fingerprint density at radius 1 is 1.35 bits per heavy atom. The van der Waals surface area contributed by atoms with Crippen LogP contribution < -0.4 is 5.32 Å². The van der Waals surface area contributed by atoms with Crippen molar-refractivity contribution in [2.24, 2.45) is 0 Å². The number of ether oxygens (including phenoxy) is 1. The Morgan fingerprint density at radius 2 is 2.12 bits per heavy atom. The smallest absolute Gasteiger partial charge is 0.274 e. The van der Waals surface area contributed by atoms with E-state index in [1.807, 2.05) is 17.9 Å². The van der Waals surface area contributed by atoms with E-state index in [4.69, 9.17) is 4.74 Å². The summed E-state index contributed by atoms with van der Waals surface area (Å²) in [6.07, 6.45) is 7.02. The maximum absolute atomic E-state index is 12.6. The van der Waals surface area contributed by atoms with Crippen LogP contribution in [0.5, 0.6) is 0 Å². The molecule has 26 heavy (non-hydrogen) atoms. The molecule has 138 valence electrons. The molecule has 0 radical (unpaired) electrons. The quantitative estimate of drug-likeness (QED) is 0.870. The molecule has 2 N–H and O–H groups in total. The standard InChI is InChI=1S/C18H24N6O2/c1-13-11-15(23-22-13)16(25)24-8-4-18(5-9-24)12-14(3-10-26-18)21-17-19-6-2-7-20-17/h2,6-7,11,14H,3-5,8-10,12H2,1H3,(H,22,23)(H,19,20,21)/t14-/m1/s1. The number of anilines is 1. The molecule has 4 heterocycles. The number of aryl methyl sites for hydroxylation is 1. The maximum Gasteiger partial charge on any atom is 0.274 e. The zero-order valence-electron chi connectivity index (χ0n) is 14.9. The molecule has 1 atom stereocenters. The number of carbonyl (C=O) groups is 1. The van der Waals surface area contributed by atoms with Gasteiger partial charge in [0.25, 0.3) is 5.91 Å². The third-order valence-electron chi connectivity index (χ3n) is 5.28. The minimum absolute atomic E-state index is 0.00706. The fourth-order valence-corrected chi connectivity index (χ4v) is 3.86. The highest BCUT2D eigenvalue weighted by Gasteiger charge is 2.41. The van der Waals surface area contributed by atoms with Gasteiger partial charge in [-0.25, -0.2) is 9.97 Å².